The lowest BCUT2D eigenvalue weighted by molar-refractivity contribution is 0.714. The molecule has 0 saturated carbocycles. The Bertz CT molecular complexity index is 470. The number of nitrogens with zero attached hydrogens (tertiary/aromatic N) is 2. The summed E-state index contributed by atoms with van der Waals surface area (Å²) in [7, 11) is 0. The smallest absolute Gasteiger partial charge is 0.174 e. The SMILES string of the molecule is Cc1nnc(SC(C)C(N)c2ccccc2)s1. The zero-order valence-electron chi connectivity index (χ0n) is 9.83. The lowest BCUT2D eigenvalue weighted by atomic mass is 10.1. The van der Waals surface area contributed by atoms with E-state index in [4.69, 9.17) is 5.73 Å². The van der Waals surface area contributed by atoms with Gasteiger partial charge in [0.25, 0.3) is 0 Å². The van der Waals surface area contributed by atoms with Crippen molar-refractivity contribution in [2.24, 2.45) is 5.73 Å². The fourth-order valence-corrected chi connectivity index (χ4v) is 3.64. The molecule has 5 heteroatoms. The molecule has 90 valence electrons. The van der Waals surface area contributed by atoms with Crippen LogP contribution in [0.2, 0.25) is 0 Å². The molecule has 0 aliphatic carbocycles. The molecule has 1 aromatic heterocycles. The van der Waals surface area contributed by atoms with Gasteiger partial charge in [0, 0.05) is 11.3 Å². The van der Waals surface area contributed by atoms with Crippen LogP contribution in [0.5, 0.6) is 0 Å². The van der Waals surface area contributed by atoms with Crippen LogP contribution in [0.4, 0.5) is 0 Å². The second-order valence-corrected chi connectivity index (χ2v) is 6.65. The van der Waals surface area contributed by atoms with Crippen LogP contribution in [-0.2, 0) is 0 Å². The molecule has 17 heavy (non-hydrogen) atoms. The van der Waals surface area contributed by atoms with Gasteiger partial charge in [-0.1, -0.05) is 60.4 Å². The number of hydrogen-bond donors (Lipinski definition) is 1. The predicted molar refractivity (Wildman–Crippen MR) is 73.3 cm³/mol. The fraction of sp³-hybridized carbons (Fsp3) is 0.333. The first-order chi connectivity index (χ1) is 8.16. The van der Waals surface area contributed by atoms with E-state index in [1.54, 1.807) is 23.1 Å². The van der Waals surface area contributed by atoms with Gasteiger partial charge in [0.05, 0.1) is 0 Å². The number of rotatable bonds is 4. The standard InChI is InChI=1S/C12H15N3S2/c1-8(16-12-15-14-9(2)17-12)11(13)10-6-4-3-5-7-10/h3-8,11H,13H2,1-2H3. The Balaban J connectivity index is 2.03. The van der Waals surface area contributed by atoms with Crippen molar-refractivity contribution in [3.8, 4) is 0 Å². The van der Waals surface area contributed by atoms with E-state index < -0.39 is 0 Å². The molecule has 1 aromatic carbocycles. The van der Waals surface area contributed by atoms with Gasteiger partial charge in [-0.15, -0.1) is 10.2 Å². The molecule has 2 aromatic rings. The maximum atomic E-state index is 6.23. The van der Waals surface area contributed by atoms with Crippen molar-refractivity contribution in [2.75, 3.05) is 0 Å². The van der Waals surface area contributed by atoms with Crippen LogP contribution in [0.3, 0.4) is 0 Å². The van der Waals surface area contributed by atoms with Crippen LogP contribution in [0, 0.1) is 6.92 Å². The fourth-order valence-electron chi connectivity index (χ4n) is 1.50. The number of nitrogens with two attached hydrogens (primary N) is 1. The Morgan fingerprint density at radius 3 is 2.53 bits per heavy atom. The second-order valence-electron chi connectivity index (χ2n) is 3.85. The Morgan fingerprint density at radius 1 is 1.24 bits per heavy atom. The maximum absolute atomic E-state index is 6.23. The van der Waals surface area contributed by atoms with E-state index in [1.807, 2.05) is 25.1 Å². The van der Waals surface area contributed by atoms with Crippen molar-refractivity contribution in [3.63, 3.8) is 0 Å². The first-order valence-corrected chi connectivity index (χ1v) is 7.13. The molecular weight excluding hydrogens is 250 g/mol. The minimum Gasteiger partial charge on any atom is -0.323 e. The topological polar surface area (TPSA) is 51.8 Å². The number of hydrogen-bond acceptors (Lipinski definition) is 5. The van der Waals surface area contributed by atoms with Crippen LogP contribution in [0.25, 0.3) is 0 Å². The zero-order chi connectivity index (χ0) is 12.3. The van der Waals surface area contributed by atoms with Crippen molar-refractivity contribution in [3.05, 3.63) is 40.9 Å². The van der Waals surface area contributed by atoms with Crippen molar-refractivity contribution in [1.82, 2.24) is 10.2 Å². The minimum atomic E-state index is 0.0189. The average molecular weight is 265 g/mol. The van der Waals surface area contributed by atoms with Gasteiger partial charge >= 0.3 is 0 Å². The van der Waals surface area contributed by atoms with Crippen molar-refractivity contribution >= 4 is 23.1 Å². The lowest BCUT2D eigenvalue weighted by Gasteiger charge is -2.18. The molecule has 1 heterocycles. The first kappa shape index (κ1) is 12.5. The normalized spacial score (nSPS) is 14.5. The van der Waals surface area contributed by atoms with Gasteiger partial charge in [-0.2, -0.15) is 0 Å². The summed E-state index contributed by atoms with van der Waals surface area (Å²) < 4.78 is 0.987. The summed E-state index contributed by atoms with van der Waals surface area (Å²) in [5.74, 6) is 0. The Hall–Kier alpha value is -0.910. The summed E-state index contributed by atoms with van der Waals surface area (Å²) in [6.07, 6.45) is 0. The van der Waals surface area contributed by atoms with Crippen LogP contribution >= 0.6 is 23.1 Å². The third kappa shape index (κ3) is 3.28. The van der Waals surface area contributed by atoms with Gasteiger partial charge in [0.2, 0.25) is 0 Å². The van der Waals surface area contributed by atoms with Crippen molar-refractivity contribution < 1.29 is 0 Å². The highest BCUT2D eigenvalue weighted by atomic mass is 32.2. The monoisotopic (exact) mass is 265 g/mol. The molecule has 0 bridgehead atoms. The largest absolute Gasteiger partial charge is 0.323 e. The Kier molecular flexibility index (Phi) is 4.15. The highest BCUT2D eigenvalue weighted by Crippen LogP contribution is 2.32. The van der Waals surface area contributed by atoms with Crippen molar-refractivity contribution in [1.29, 1.82) is 0 Å². The number of aromatic nitrogens is 2. The molecule has 0 saturated heterocycles. The van der Waals surface area contributed by atoms with Crippen molar-refractivity contribution in [2.45, 2.75) is 29.5 Å². The third-order valence-corrected chi connectivity index (χ3v) is 4.60. The molecule has 0 fully saturated rings. The van der Waals surface area contributed by atoms with E-state index >= 15 is 0 Å². The number of aryl methyl sites for hydroxylation is 1. The van der Waals surface area contributed by atoms with E-state index in [0.29, 0.717) is 0 Å². The minimum absolute atomic E-state index is 0.0189. The summed E-state index contributed by atoms with van der Waals surface area (Å²) in [5, 5.41) is 9.39. The zero-order valence-corrected chi connectivity index (χ0v) is 11.5. The second kappa shape index (κ2) is 5.62. The van der Waals surface area contributed by atoms with E-state index in [-0.39, 0.29) is 11.3 Å². The summed E-state index contributed by atoms with van der Waals surface area (Å²) >= 11 is 3.30. The summed E-state index contributed by atoms with van der Waals surface area (Å²) in [6.45, 7) is 4.09. The predicted octanol–water partition coefficient (Wildman–Crippen LogP) is 3.03. The van der Waals surface area contributed by atoms with Crippen LogP contribution in [0.1, 0.15) is 23.5 Å². The first-order valence-electron chi connectivity index (χ1n) is 5.44. The molecule has 2 unspecified atom stereocenters. The molecule has 0 amide bonds. The Labute approximate surface area is 109 Å². The molecule has 3 nitrogen and oxygen atoms in total. The van der Waals surface area contributed by atoms with Gasteiger partial charge in [0.1, 0.15) is 5.01 Å². The van der Waals surface area contributed by atoms with Gasteiger partial charge in [-0.05, 0) is 12.5 Å². The van der Waals surface area contributed by atoms with Crippen LogP contribution in [-0.4, -0.2) is 15.4 Å². The van der Waals surface area contributed by atoms with Crippen LogP contribution < -0.4 is 5.73 Å². The van der Waals surface area contributed by atoms with Gasteiger partial charge < -0.3 is 5.73 Å². The van der Waals surface area contributed by atoms with E-state index in [0.717, 1.165) is 14.9 Å². The van der Waals surface area contributed by atoms with E-state index in [9.17, 15) is 0 Å². The summed E-state index contributed by atoms with van der Waals surface area (Å²) in [5.41, 5.74) is 7.39. The van der Waals surface area contributed by atoms with Crippen LogP contribution in [0.15, 0.2) is 34.7 Å². The Morgan fingerprint density at radius 2 is 1.94 bits per heavy atom. The molecule has 0 aliphatic heterocycles. The molecule has 2 N–H and O–H groups in total. The molecular formula is C12H15N3S2. The van der Waals surface area contributed by atoms with Gasteiger partial charge in [-0.3, -0.25) is 0 Å². The van der Waals surface area contributed by atoms with Gasteiger partial charge in [-0.25, -0.2) is 0 Å². The molecule has 2 rings (SSSR count). The number of thioether (sulfide) groups is 1. The summed E-state index contributed by atoms with van der Waals surface area (Å²) in [6, 6.07) is 10.2. The lowest BCUT2D eigenvalue weighted by Crippen LogP contribution is -2.20. The van der Waals surface area contributed by atoms with E-state index in [1.165, 1.54) is 0 Å². The number of benzene rings is 1. The third-order valence-electron chi connectivity index (χ3n) is 2.48. The van der Waals surface area contributed by atoms with E-state index in [2.05, 4.69) is 29.3 Å². The highest BCUT2D eigenvalue weighted by molar-refractivity contribution is 8.01. The van der Waals surface area contributed by atoms with Gasteiger partial charge in [0.15, 0.2) is 4.34 Å². The summed E-state index contributed by atoms with van der Waals surface area (Å²) in [4.78, 5) is 0. The molecule has 0 aliphatic rings. The maximum Gasteiger partial charge on any atom is 0.174 e. The average Bonchev–Trinajstić information content (AvgIpc) is 2.75. The highest BCUT2D eigenvalue weighted by Gasteiger charge is 2.17. The molecule has 2 atom stereocenters. The molecule has 0 spiro atoms. The molecule has 0 radical (unpaired) electrons. The quantitative estimate of drug-likeness (QED) is 0.863.